The molecule has 0 spiro atoms. The lowest BCUT2D eigenvalue weighted by atomic mass is 9.85. The SMILES string of the molecule is C=C[C@@H]1C[C@]1(NC(=O)C1C[C@H](OS(=O)(=O)c2ccc(Br)cc2)CN1C(=O)[C@@H](NC(=O)O[C@@H]1C[C@@H]2C[C@@H]2C1)C(C)(C)C)C(=O)OC. The third kappa shape index (κ3) is 7.07. The summed E-state index contributed by atoms with van der Waals surface area (Å²) >= 11 is 3.27. The fourth-order valence-electron chi connectivity index (χ4n) is 6.56. The van der Waals surface area contributed by atoms with Crippen molar-refractivity contribution >= 4 is 49.9 Å². The normalized spacial score (nSPS) is 30.9. The molecular weight excluding hydrogens is 670 g/mol. The predicted molar refractivity (Wildman–Crippen MR) is 165 cm³/mol. The van der Waals surface area contributed by atoms with Crippen LogP contribution in [0.4, 0.5) is 4.79 Å². The number of alkyl carbamates (subject to hydrolysis) is 1. The number of benzene rings is 1. The van der Waals surface area contributed by atoms with E-state index in [4.69, 9.17) is 13.7 Å². The number of likely N-dealkylation sites (tertiary alicyclic amines) is 1. The van der Waals surface area contributed by atoms with E-state index in [1.807, 2.05) is 0 Å². The lowest BCUT2D eigenvalue weighted by Gasteiger charge is -2.35. The number of carbonyl (C=O) groups is 4. The molecule has 0 radical (unpaired) electrons. The molecule has 1 aromatic rings. The van der Waals surface area contributed by atoms with Crippen molar-refractivity contribution in [1.82, 2.24) is 15.5 Å². The van der Waals surface area contributed by atoms with Gasteiger partial charge in [0.2, 0.25) is 11.8 Å². The summed E-state index contributed by atoms with van der Waals surface area (Å²) in [5.41, 5.74) is -2.15. The second-order valence-corrected chi connectivity index (χ2v) is 16.1. The van der Waals surface area contributed by atoms with Crippen molar-refractivity contribution in [2.45, 2.75) is 87.6 Å². The van der Waals surface area contributed by atoms with Gasteiger partial charge in [-0.1, -0.05) is 42.8 Å². The molecular formula is C31H40BrN3O9S. The van der Waals surface area contributed by atoms with Crippen molar-refractivity contribution in [2.75, 3.05) is 13.7 Å². The van der Waals surface area contributed by atoms with Crippen LogP contribution in [-0.4, -0.2) is 80.7 Å². The van der Waals surface area contributed by atoms with Gasteiger partial charge in [-0.2, -0.15) is 8.42 Å². The minimum absolute atomic E-state index is 0.0885. The third-order valence-electron chi connectivity index (χ3n) is 9.26. The first-order chi connectivity index (χ1) is 21.1. The topological polar surface area (TPSA) is 157 Å². The van der Waals surface area contributed by atoms with Gasteiger partial charge in [-0.15, -0.1) is 6.58 Å². The number of rotatable bonds is 10. The van der Waals surface area contributed by atoms with Crippen LogP contribution in [0, 0.1) is 23.2 Å². The van der Waals surface area contributed by atoms with Crippen LogP contribution in [0.25, 0.3) is 0 Å². The van der Waals surface area contributed by atoms with Gasteiger partial charge >= 0.3 is 12.1 Å². The highest BCUT2D eigenvalue weighted by Gasteiger charge is 2.62. The van der Waals surface area contributed by atoms with E-state index in [9.17, 15) is 27.6 Å². The Hall–Kier alpha value is -2.97. The van der Waals surface area contributed by atoms with Gasteiger partial charge in [0.15, 0.2) is 0 Å². The average Bonchev–Trinajstić information content (AvgIpc) is 3.78. The summed E-state index contributed by atoms with van der Waals surface area (Å²) in [6.45, 7) is 8.77. The van der Waals surface area contributed by atoms with Crippen LogP contribution >= 0.6 is 15.9 Å². The zero-order valence-electron chi connectivity index (χ0n) is 25.8. The van der Waals surface area contributed by atoms with Gasteiger partial charge in [-0.25, -0.2) is 9.59 Å². The zero-order chi connectivity index (χ0) is 32.9. The molecule has 2 N–H and O–H groups in total. The fourth-order valence-corrected chi connectivity index (χ4v) is 7.90. The summed E-state index contributed by atoms with van der Waals surface area (Å²) < 4.78 is 43.1. The van der Waals surface area contributed by atoms with E-state index < -0.39 is 63.1 Å². The predicted octanol–water partition coefficient (Wildman–Crippen LogP) is 3.30. The van der Waals surface area contributed by atoms with Crippen LogP contribution in [0.5, 0.6) is 0 Å². The molecule has 4 aliphatic rings. The van der Waals surface area contributed by atoms with E-state index in [0.717, 1.165) is 19.3 Å². The van der Waals surface area contributed by atoms with Crippen LogP contribution in [0.15, 0.2) is 46.3 Å². The molecule has 3 saturated carbocycles. The molecule has 246 valence electrons. The number of hydrogen-bond acceptors (Lipinski definition) is 9. The molecule has 1 aliphatic heterocycles. The zero-order valence-corrected chi connectivity index (χ0v) is 28.2. The van der Waals surface area contributed by atoms with Gasteiger partial charge in [-0.05, 0) is 67.2 Å². The number of ether oxygens (including phenoxy) is 2. The number of fused-ring (bicyclic) bond motifs is 1. The quantitative estimate of drug-likeness (QED) is 0.211. The van der Waals surface area contributed by atoms with E-state index in [1.165, 1.54) is 24.1 Å². The fraction of sp³-hybridized carbons (Fsp3) is 0.613. The van der Waals surface area contributed by atoms with Crippen molar-refractivity contribution in [3.8, 4) is 0 Å². The Morgan fingerprint density at radius 2 is 1.71 bits per heavy atom. The van der Waals surface area contributed by atoms with Crippen molar-refractivity contribution in [3.63, 3.8) is 0 Å². The second kappa shape index (κ2) is 12.3. The van der Waals surface area contributed by atoms with Gasteiger partial charge in [0.05, 0.1) is 18.1 Å². The second-order valence-electron chi connectivity index (χ2n) is 13.6. The number of halogens is 1. The number of methoxy groups -OCH3 is 1. The summed E-state index contributed by atoms with van der Waals surface area (Å²) in [5, 5.41) is 5.45. The Kier molecular flexibility index (Phi) is 9.15. The van der Waals surface area contributed by atoms with Crippen LogP contribution in [-0.2, 0) is 38.2 Å². The lowest BCUT2D eigenvalue weighted by Crippen LogP contribution is -2.59. The van der Waals surface area contributed by atoms with Gasteiger partial charge in [0.25, 0.3) is 10.1 Å². The molecule has 1 aromatic carbocycles. The first-order valence-electron chi connectivity index (χ1n) is 15.1. The maximum absolute atomic E-state index is 14.2. The Labute approximate surface area is 271 Å². The number of carbonyl (C=O) groups excluding carboxylic acids is 4. The van der Waals surface area contributed by atoms with Crippen LogP contribution in [0.3, 0.4) is 0 Å². The molecule has 8 atom stereocenters. The first kappa shape index (κ1) is 33.4. The molecule has 4 fully saturated rings. The molecule has 1 unspecified atom stereocenters. The number of amides is 3. The average molecular weight is 711 g/mol. The molecule has 1 saturated heterocycles. The number of esters is 1. The Morgan fingerprint density at radius 3 is 2.27 bits per heavy atom. The largest absolute Gasteiger partial charge is 0.467 e. The van der Waals surface area contributed by atoms with Crippen molar-refractivity contribution in [2.24, 2.45) is 23.2 Å². The van der Waals surface area contributed by atoms with Crippen molar-refractivity contribution in [1.29, 1.82) is 0 Å². The van der Waals surface area contributed by atoms with E-state index in [-0.39, 0.29) is 36.3 Å². The Balaban J connectivity index is 1.37. The number of nitrogens with one attached hydrogen (secondary N) is 2. The molecule has 45 heavy (non-hydrogen) atoms. The Bertz CT molecular complexity index is 1470. The van der Waals surface area contributed by atoms with E-state index in [0.29, 0.717) is 16.3 Å². The minimum atomic E-state index is -4.26. The van der Waals surface area contributed by atoms with E-state index >= 15 is 0 Å². The van der Waals surface area contributed by atoms with Crippen molar-refractivity contribution in [3.05, 3.63) is 41.4 Å². The molecule has 3 amide bonds. The van der Waals surface area contributed by atoms with Crippen LogP contribution in [0.2, 0.25) is 0 Å². The standard InChI is InChI=1S/C31H40BrN3O9S/c1-6-19-15-31(19,28(38)42-5)34-26(36)24-14-22(44-45(40,41)23-9-7-20(32)8-10-23)16-35(24)27(37)25(30(2,3)4)33-29(39)43-21-12-17-11-18(17)13-21/h6-10,17-19,21-22,24-25H,1,11-16H2,2-5H3,(H,33,39)(H,34,36)/t17-,18+,19-,21+,22+,24?,25-,31-/m1/s1. The van der Waals surface area contributed by atoms with Gasteiger partial charge in [0.1, 0.15) is 23.7 Å². The van der Waals surface area contributed by atoms with Gasteiger partial charge in [0, 0.05) is 23.4 Å². The maximum Gasteiger partial charge on any atom is 0.408 e. The third-order valence-corrected chi connectivity index (χ3v) is 11.2. The Morgan fingerprint density at radius 1 is 1.07 bits per heavy atom. The molecule has 12 nitrogen and oxygen atoms in total. The molecule has 5 rings (SSSR count). The number of hydrogen-bond donors (Lipinski definition) is 2. The van der Waals surface area contributed by atoms with Gasteiger partial charge < -0.3 is 25.0 Å². The summed E-state index contributed by atoms with van der Waals surface area (Å²) in [4.78, 5) is 54.8. The monoisotopic (exact) mass is 709 g/mol. The van der Waals surface area contributed by atoms with E-state index in [2.05, 4.69) is 33.1 Å². The highest BCUT2D eigenvalue weighted by atomic mass is 79.9. The minimum Gasteiger partial charge on any atom is -0.467 e. The lowest BCUT2D eigenvalue weighted by molar-refractivity contribution is -0.148. The molecule has 0 aromatic heterocycles. The summed E-state index contributed by atoms with van der Waals surface area (Å²) in [6.07, 6.45) is 2.40. The molecule has 3 aliphatic carbocycles. The molecule has 0 bridgehead atoms. The smallest absolute Gasteiger partial charge is 0.408 e. The first-order valence-corrected chi connectivity index (χ1v) is 17.3. The van der Waals surface area contributed by atoms with E-state index in [1.54, 1.807) is 39.0 Å². The summed E-state index contributed by atoms with van der Waals surface area (Å²) in [7, 11) is -3.05. The van der Waals surface area contributed by atoms with Crippen LogP contribution in [0.1, 0.15) is 52.9 Å². The highest BCUT2D eigenvalue weighted by Crippen LogP contribution is 2.52. The number of nitrogens with zero attached hydrogens (tertiary/aromatic N) is 1. The van der Waals surface area contributed by atoms with Gasteiger partial charge in [-0.3, -0.25) is 13.8 Å². The summed E-state index contributed by atoms with van der Waals surface area (Å²) in [6, 6.07) is 3.55. The summed E-state index contributed by atoms with van der Waals surface area (Å²) in [5.74, 6) is -1.11. The molecule has 1 heterocycles. The highest BCUT2D eigenvalue weighted by molar-refractivity contribution is 9.10. The van der Waals surface area contributed by atoms with Crippen LogP contribution < -0.4 is 10.6 Å². The molecule has 14 heteroatoms. The van der Waals surface area contributed by atoms with Crippen molar-refractivity contribution < 1.29 is 41.3 Å². The maximum atomic E-state index is 14.2.